The third kappa shape index (κ3) is 1.25. The Balaban J connectivity index is 2.13. The highest BCUT2D eigenvalue weighted by Gasteiger charge is 2.50. The molecule has 2 aliphatic rings. The van der Waals surface area contributed by atoms with Crippen molar-refractivity contribution in [2.75, 3.05) is 0 Å². The summed E-state index contributed by atoms with van der Waals surface area (Å²) in [6.45, 7) is 3.59. The highest BCUT2D eigenvalue weighted by atomic mass is 16.3. The van der Waals surface area contributed by atoms with Gasteiger partial charge in [-0.2, -0.15) is 0 Å². The number of hydrogen-bond acceptors (Lipinski definition) is 3. The monoisotopic (exact) mass is 197 g/mol. The van der Waals surface area contributed by atoms with Crippen molar-refractivity contribution in [1.82, 2.24) is 4.90 Å². The predicted molar refractivity (Wildman–Crippen MR) is 49.3 cm³/mol. The molecular weight excluding hydrogens is 182 g/mol. The fourth-order valence-corrected chi connectivity index (χ4v) is 2.12. The maximum atomic E-state index is 11.8. The normalized spacial score (nSPS) is 36.1. The molecule has 1 aliphatic carbocycles. The molecule has 4 heteroatoms. The third-order valence-corrected chi connectivity index (χ3v) is 3.11. The van der Waals surface area contributed by atoms with Gasteiger partial charge in [-0.25, -0.2) is 0 Å². The summed E-state index contributed by atoms with van der Waals surface area (Å²) in [6, 6.07) is -0.0493. The van der Waals surface area contributed by atoms with Crippen LogP contribution in [0, 0.1) is 5.41 Å². The minimum Gasteiger partial charge on any atom is -0.393 e. The van der Waals surface area contributed by atoms with E-state index in [4.69, 9.17) is 5.11 Å². The fourth-order valence-electron chi connectivity index (χ4n) is 2.12. The maximum Gasteiger partial charge on any atom is 0.235 e. The van der Waals surface area contributed by atoms with Gasteiger partial charge >= 0.3 is 0 Å². The van der Waals surface area contributed by atoms with Crippen molar-refractivity contribution < 1.29 is 14.7 Å². The Hall–Kier alpha value is -0.900. The van der Waals surface area contributed by atoms with Gasteiger partial charge < -0.3 is 5.11 Å². The van der Waals surface area contributed by atoms with E-state index >= 15 is 0 Å². The molecule has 2 fully saturated rings. The van der Waals surface area contributed by atoms with Crippen molar-refractivity contribution in [3.05, 3.63) is 0 Å². The topological polar surface area (TPSA) is 57.6 Å². The minimum atomic E-state index is -0.544. The summed E-state index contributed by atoms with van der Waals surface area (Å²) in [7, 11) is 0. The third-order valence-electron chi connectivity index (χ3n) is 3.11. The van der Waals surface area contributed by atoms with E-state index in [9.17, 15) is 9.59 Å². The number of aliphatic hydroxyl groups excluding tert-OH is 1. The van der Waals surface area contributed by atoms with Gasteiger partial charge in [-0.3, -0.25) is 14.5 Å². The molecule has 0 unspecified atom stereocenters. The van der Waals surface area contributed by atoms with E-state index in [1.807, 2.05) is 0 Å². The summed E-state index contributed by atoms with van der Waals surface area (Å²) in [5.74, 6) is -0.170. The van der Waals surface area contributed by atoms with E-state index < -0.39 is 5.41 Å². The van der Waals surface area contributed by atoms with E-state index in [-0.39, 0.29) is 24.0 Å². The Morgan fingerprint density at radius 2 is 1.93 bits per heavy atom. The molecule has 2 amide bonds. The van der Waals surface area contributed by atoms with Gasteiger partial charge in [0.25, 0.3) is 0 Å². The standard InChI is InChI=1S/C10H15NO3/c1-10(2)5-8(13)11(9(10)14)6-3-7(12)4-6/h6-7,12H,3-5H2,1-2H3. The van der Waals surface area contributed by atoms with Gasteiger partial charge in [0, 0.05) is 12.5 Å². The summed E-state index contributed by atoms with van der Waals surface area (Å²) in [6.07, 6.45) is 1.07. The molecule has 1 N–H and O–H groups in total. The van der Waals surface area contributed by atoms with Crippen LogP contribution in [0.25, 0.3) is 0 Å². The molecule has 0 aromatic rings. The van der Waals surface area contributed by atoms with E-state index in [1.165, 1.54) is 4.90 Å². The van der Waals surface area contributed by atoms with Crippen molar-refractivity contribution in [2.24, 2.45) is 5.41 Å². The minimum absolute atomic E-state index is 0.0493. The number of carbonyl (C=O) groups is 2. The Labute approximate surface area is 82.9 Å². The molecular formula is C10H15NO3. The average Bonchev–Trinajstić information content (AvgIpc) is 2.17. The van der Waals surface area contributed by atoms with Crippen LogP contribution >= 0.6 is 0 Å². The molecule has 1 saturated carbocycles. The van der Waals surface area contributed by atoms with E-state index in [1.54, 1.807) is 13.8 Å². The zero-order valence-electron chi connectivity index (χ0n) is 8.49. The maximum absolute atomic E-state index is 11.8. The zero-order valence-corrected chi connectivity index (χ0v) is 8.49. The number of carbonyl (C=O) groups excluding carboxylic acids is 2. The van der Waals surface area contributed by atoms with E-state index in [2.05, 4.69) is 0 Å². The van der Waals surface area contributed by atoms with Crippen LogP contribution in [0.2, 0.25) is 0 Å². The quantitative estimate of drug-likeness (QED) is 0.615. The van der Waals surface area contributed by atoms with Crippen LogP contribution in [0.15, 0.2) is 0 Å². The lowest BCUT2D eigenvalue weighted by Crippen LogP contribution is -2.50. The van der Waals surface area contributed by atoms with E-state index in [0.717, 1.165) is 0 Å². The summed E-state index contributed by atoms with van der Waals surface area (Å²) in [5, 5.41) is 9.13. The first-order valence-corrected chi connectivity index (χ1v) is 4.96. The summed E-state index contributed by atoms with van der Waals surface area (Å²) in [4.78, 5) is 24.7. The Bertz CT molecular complexity index is 292. The van der Waals surface area contributed by atoms with Gasteiger partial charge in [-0.15, -0.1) is 0 Å². The number of hydrogen-bond donors (Lipinski definition) is 1. The molecule has 78 valence electrons. The molecule has 0 aromatic heterocycles. The number of rotatable bonds is 1. The Morgan fingerprint density at radius 3 is 2.29 bits per heavy atom. The number of nitrogens with zero attached hydrogens (tertiary/aromatic N) is 1. The molecule has 1 saturated heterocycles. The van der Waals surface area contributed by atoms with Gasteiger partial charge in [0.1, 0.15) is 0 Å². The lowest BCUT2D eigenvalue weighted by molar-refractivity contribution is -0.148. The zero-order chi connectivity index (χ0) is 10.5. The lowest BCUT2D eigenvalue weighted by atomic mass is 9.87. The molecule has 4 nitrogen and oxygen atoms in total. The van der Waals surface area contributed by atoms with Gasteiger partial charge in [0.05, 0.1) is 11.5 Å². The molecule has 0 atom stereocenters. The van der Waals surface area contributed by atoms with Gasteiger partial charge in [-0.1, -0.05) is 13.8 Å². The van der Waals surface area contributed by atoms with Crippen LogP contribution in [-0.2, 0) is 9.59 Å². The van der Waals surface area contributed by atoms with Crippen LogP contribution in [-0.4, -0.2) is 34.0 Å². The average molecular weight is 197 g/mol. The Kier molecular flexibility index (Phi) is 1.93. The van der Waals surface area contributed by atoms with Gasteiger partial charge in [0.2, 0.25) is 11.8 Å². The SMILES string of the molecule is CC1(C)CC(=O)N(C2CC(O)C2)C1=O. The highest BCUT2D eigenvalue weighted by Crippen LogP contribution is 2.37. The van der Waals surface area contributed by atoms with Crippen molar-refractivity contribution >= 4 is 11.8 Å². The number of likely N-dealkylation sites (tertiary alicyclic amines) is 1. The Morgan fingerprint density at radius 1 is 1.36 bits per heavy atom. The van der Waals surface area contributed by atoms with E-state index in [0.29, 0.717) is 19.3 Å². The van der Waals surface area contributed by atoms with Crippen molar-refractivity contribution in [3.8, 4) is 0 Å². The van der Waals surface area contributed by atoms with Gasteiger partial charge in [0.15, 0.2) is 0 Å². The molecule has 14 heavy (non-hydrogen) atoms. The molecule has 1 heterocycles. The molecule has 2 rings (SSSR count). The number of aliphatic hydroxyl groups is 1. The largest absolute Gasteiger partial charge is 0.393 e. The molecule has 0 bridgehead atoms. The first kappa shape index (κ1) is 9.65. The lowest BCUT2D eigenvalue weighted by Gasteiger charge is -2.37. The first-order valence-electron chi connectivity index (χ1n) is 4.96. The highest BCUT2D eigenvalue weighted by molar-refractivity contribution is 6.05. The summed E-state index contributed by atoms with van der Waals surface area (Å²) in [5.41, 5.74) is -0.544. The second-order valence-electron chi connectivity index (χ2n) is 4.91. The summed E-state index contributed by atoms with van der Waals surface area (Å²) >= 11 is 0. The number of amides is 2. The van der Waals surface area contributed by atoms with Crippen LogP contribution < -0.4 is 0 Å². The molecule has 0 radical (unpaired) electrons. The first-order chi connectivity index (χ1) is 6.42. The number of imide groups is 1. The van der Waals surface area contributed by atoms with Crippen LogP contribution in [0.5, 0.6) is 0 Å². The smallest absolute Gasteiger partial charge is 0.235 e. The molecule has 0 aromatic carbocycles. The summed E-state index contributed by atoms with van der Waals surface area (Å²) < 4.78 is 0. The van der Waals surface area contributed by atoms with Gasteiger partial charge in [-0.05, 0) is 12.8 Å². The van der Waals surface area contributed by atoms with Crippen molar-refractivity contribution in [2.45, 2.75) is 45.3 Å². The van der Waals surface area contributed by atoms with Crippen LogP contribution in [0.4, 0.5) is 0 Å². The van der Waals surface area contributed by atoms with Crippen LogP contribution in [0.1, 0.15) is 33.1 Å². The molecule has 1 aliphatic heterocycles. The van der Waals surface area contributed by atoms with Crippen LogP contribution in [0.3, 0.4) is 0 Å². The second-order valence-corrected chi connectivity index (χ2v) is 4.91. The molecule has 0 spiro atoms. The fraction of sp³-hybridized carbons (Fsp3) is 0.800. The van der Waals surface area contributed by atoms with Crippen molar-refractivity contribution in [1.29, 1.82) is 0 Å². The predicted octanol–water partition coefficient (Wildman–Crippen LogP) is 0.295. The second kappa shape index (κ2) is 2.79. The van der Waals surface area contributed by atoms with Crippen molar-refractivity contribution in [3.63, 3.8) is 0 Å².